The Morgan fingerprint density at radius 3 is 2.44 bits per heavy atom. The van der Waals surface area contributed by atoms with Gasteiger partial charge in [0, 0.05) is 31.7 Å². The predicted octanol–water partition coefficient (Wildman–Crippen LogP) is 2.32. The Morgan fingerprint density at radius 2 is 1.78 bits per heavy atom. The van der Waals surface area contributed by atoms with E-state index in [1.54, 1.807) is 13.0 Å². The van der Waals surface area contributed by atoms with Crippen molar-refractivity contribution in [3.8, 4) is 0 Å². The summed E-state index contributed by atoms with van der Waals surface area (Å²) >= 11 is 0. The van der Waals surface area contributed by atoms with E-state index in [1.165, 1.54) is 40.7 Å². The van der Waals surface area contributed by atoms with Gasteiger partial charge in [0.15, 0.2) is 0 Å². The second-order valence-corrected chi connectivity index (χ2v) is 8.61. The molecule has 0 spiro atoms. The van der Waals surface area contributed by atoms with Gasteiger partial charge in [-0.05, 0) is 49.9 Å². The molecule has 1 fully saturated rings. The van der Waals surface area contributed by atoms with Crippen molar-refractivity contribution in [3.05, 3.63) is 59.4 Å². The number of hydrogen-bond donors (Lipinski definition) is 1. The summed E-state index contributed by atoms with van der Waals surface area (Å²) in [4.78, 5) is 14.6. The third-order valence-corrected chi connectivity index (χ3v) is 6.46. The first kappa shape index (κ1) is 19.5. The summed E-state index contributed by atoms with van der Waals surface area (Å²) < 4.78 is 41.0. The molecule has 144 valence electrons. The molecule has 2 aromatic rings. The Morgan fingerprint density at radius 1 is 1.07 bits per heavy atom. The fourth-order valence-electron chi connectivity index (χ4n) is 2.89. The second kappa shape index (κ2) is 7.75. The first-order valence-electron chi connectivity index (χ1n) is 8.63. The molecule has 1 amide bonds. The Labute approximate surface area is 158 Å². The summed E-state index contributed by atoms with van der Waals surface area (Å²) in [5.74, 6) is -1.10. The first-order chi connectivity index (χ1) is 12.8. The smallest absolute Gasteiger partial charge is 0.255 e. The van der Waals surface area contributed by atoms with Crippen LogP contribution in [-0.2, 0) is 10.0 Å². The van der Waals surface area contributed by atoms with E-state index in [1.807, 2.05) is 7.05 Å². The van der Waals surface area contributed by atoms with E-state index in [4.69, 9.17) is 0 Å². The standard InChI is InChI=1S/C19H22FN3O3S/c1-14-6-7-18(17(20)12-14)21-19(24)15-4-3-5-16(13-15)27(25,26)23-10-8-22(2)9-11-23/h3-7,12-13H,8-11H2,1-2H3,(H,21,24). The fourth-order valence-corrected chi connectivity index (χ4v) is 4.36. The topological polar surface area (TPSA) is 69.7 Å². The molecule has 0 aromatic heterocycles. The van der Waals surface area contributed by atoms with Crippen LogP contribution in [-0.4, -0.2) is 56.8 Å². The van der Waals surface area contributed by atoms with Gasteiger partial charge < -0.3 is 10.2 Å². The van der Waals surface area contributed by atoms with Crippen molar-refractivity contribution in [2.24, 2.45) is 0 Å². The average molecular weight is 391 g/mol. The number of aryl methyl sites for hydroxylation is 1. The zero-order valence-corrected chi connectivity index (χ0v) is 16.1. The summed E-state index contributed by atoms with van der Waals surface area (Å²) in [6.45, 7) is 3.88. The normalized spacial score (nSPS) is 16.3. The van der Waals surface area contributed by atoms with Gasteiger partial charge in [0.05, 0.1) is 10.6 Å². The van der Waals surface area contributed by atoms with Crippen molar-refractivity contribution in [2.75, 3.05) is 38.5 Å². The minimum atomic E-state index is -3.68. The maximum Gasteiger partial charge on any atom is 0.255 e. The minimum Gasteiger partial charge on any atom is -0.319 e. The molecule has 6 nitrogen and oxygen atoms in total. The van der Waals surface area contributed by atoms with Crippen LogP contribution in [0.3, 0.4) is 0 Å². The van der Waals surface area contributed by atoms with Gasteiger partial charge in [-0.15, -0.1) is 0 Å². The highest BCUT2D eigenvalue weighted by Gasteiger charge is 2.28. The van der Waals surface area contributed by atoms with Crippen molar-refractivity contribution in [3.63, 3.8) is 0 Å². The van der Waals surface area contributed by atoms with Gasteiger partial charge in [0.1, 0.15) is 5.82 Å². The van der Waals surface area contributed by atoms with Gasteiger partial charge in [-0.2, -0.15) is 4.31 Å². The summed E-state index contributed by atoms with van der Waals surface area (Å²) in [7, 11) is -1.73. The van der Waals surface area contributed by atoms with Crippen LogP contribution < -0.4 is 5.32 Å². The van der Waals surface area contributed by atoms with Crippen LogP contribution in [0, 0.1) is 12.7 Å². The third-order valence-electron chi connectivity index (χ3n) is 4.57. The SMILES string of the molecule is Cc1ccc(NC(=O)c2cccc(S(=O)(=O)N3CCN(C)CC3)c2)c(F)c1. The maximum absolute atomic E-state index is 13.9. The molecule has 1 aliphatic rings. The predicted molar refractivity (Wildman–Crippen MR) is 102 cm³/mol. The first-order valence-corrected chi connectivity index (χ1v) is 10.1. The molecule has 1 N–H and O–H groups in total. The summed E-state index contributed by atoms with van der Waals surface area (Å²) in [6, 6.07) is 10.3. The van der Waals surface area contributed by atoms with Crippen molar-refractivity contribution in [1.82, 2.24) is 9.21 Å². The van der Waals surface area contributed by atoms with Gasteiger partial charge >= 0.3 is 0 Å². The van der Waals surface area contributed by atoms with Crippen molar-refractivity contribution in [2.45, 2.75) is 11.8 Å². The lowest BCUT2D eigenvalue weighted by Crippen LogP contribution is -2.47. The molecule has 27 heavy (non-hydrogen) atoms. The number of nitrogens with one attached hydrogen (secondary N) is 1. The fraction of sp³-hybridized carbons (Fsp3) is 0.316. The molecule has 0 bridgehead atoms. The van der Waals surface area contributed by atoms with E-state index < -0.39 is 21.7 Å². The number of rotatable bonds is 4. The van der Waals surface area contributed by atoms with Crippen LogP contribution in [0.25, 0.3) is 0 Å². The maximum atomic E-state index is 13.9. The minimum absolute atomic E-state index is 0.0536. The number of amides is 1. The number of anilines is 1. The summed E-state index contributed by atoms with van der Waals surface area (Å²) in [6.07, 6.45) is 0. The molecule has 0 saturated carbocycles. The Kier molecular flexibility index (Phi) is 5.59. The van der Waals surface area contributed by atoms with Crippen LogP contribution in [0.5, 0.6) is 0 Å². The Balaban J connectivity index is 1.81. The molecule has 1 heterocycles. The molecule has 0 unspecified atom stereocenters. The Hall–Kier alpha value is -2.29. The van der Waals surface area contributed by atoms with Gasteiger partial charge in [-0.25, -0.2) is 12.8 Å². The van der Waals surface area contributed by atoms with E-state index in [9.17, 15) is 17.6 Å². The van der Waals surface area contributed by atoms with Gasteiger partial charge in [0.25, 0.3) is 5.91 Å². The van der Waals surface area contributed by atoms with Crippen LogP contribution in [0.15, 0.2) is 47.4 Å². The van der Waals surface area contributed by atoms with Crippen molar-refractivity contribution < 1.29 is 17.6 Å². The van der Waals surface area contributed by atoms with E-state index in [0.717, 1.165) is 5.56 Å². The Bertz CT molecular complexity index is 954. The number of likely N-dealkylation sites (N-methyl/N-ethyl adjacent to an activating group) is 1. The van der Waals surface area contributed by atoms with E-state index in [2.05, 4.69) is 10.2 Å². The average Bonchev–Trinajstić information content (AvgIpc) is 2.64. The third kappa shape index (κ3) is 4.35. The molecule has 3 rings (SSSR count). The lowest BCUT2D eigenvalue weighted by molar-refractivity contribution is 0.102. The van der Waals surface area contributed by atoms with Gasteiger partial charge in [-0.1, -0.05) is 12.1 Å². The molecule has 8 heteroatoms. The molecular weight excluding hydrogens is 369 g/mol. The van der Waals surface area contributed by atoms with E-state index in [0.29, 0.717) is 26.2 Å². The summed E-state index contributed by atoms with van der Waals surface area (Å²) in [5, 5.41) is 2.49. The quantitative estimate of drug-likeness (QED) is 0.869. The van der Waals surface area contributed by atoms with E-state index in [-0.39, 0.29) is 16.1 Å². The number of nitrogens with zero attached hydrogens (tertiary/aromatic N) is 2. The highest BCUT2D eigenvalue weighted by molar-refractivity contribution is 7.89. The lowest BCUT2D eigenvalue weighted by Gasteiger charge is -2.31. The molecular formula is C19H22FN3O3S. The number of hydrogen-bond acceptors (Lipinski definition) is 4. The number of halogens is 1. The van der Waals surface area contributed by atoms with Crippen LogP contribution >= 0.6 is 0 Å². The number of benzene rings is 2. The van der Waals surface area contributed by atoms with Crippen molar-refractivity contribution in [1.29, 1.82) is 0 Å². The van der Waals surface area contributed by atoms with E-state index >= 15 is 0 Å². The van der Waals surface area contributed by atoms with Gasteiger partial charge in [0.2, 0.25) is 10.0 Å². The summed E-state index contributed by atoms with van der Waals surface area (Å²) in [5.41, 5.74) is 0.953. The molecule has 0 aliphatic carbocycles. The zero-order chi connectivity index (χ0) is 19.6. The number of piperazine rings is 1. The number of carbonyl (C=O) groups excluding carboxylic acids is 1. The van der Waals surface area contributed by atoms with Crippen molar-refractivity contribution >= 4 is 21.6 Å². The highest BCUT2D eigenvalue weighted by atomic mass is 32.2. The molecule has 0 atom stereocenters. The molecule has 0 radical (unpaired) electrons. The highest BCUT2D eigenvalue weighted by Crippen LogP contribution is 2.20. The largest absolute Gasteiger partial charge is 0.319 e. The zero-order valence-electron chi connectivity index (χ0n) is 15.3. The second-order valence-electron chi connectivity index (χ2n) is 6.67. The van der Waals surface area contributed by atoms with Gasteiger partial charge in [-0.3, -0.25) is 4.79 Å². The molecule has 1 saturated heterocycles. The lowest BCUT2D eigenvalue weighted by atomic mass is 10.2. The number of carbonyl (C=O) groups is 1. The molecule has 2 aromatic carbocycles. The molecule has 1 aliphatic heterocycles. The van der Waals surface area contributed by atoms with Crippen LogP contribution in [0.1, 0.15) is 15.9 Å². The van der Waals surface area contributed by atoms with Crippen LogP contribution in [0.2, 0.25) is 0 Å². The monoisotopic (exact) mass is 391 g/mol. The number of sulfonamides is 1. The van der Waals surface area contributed by atoms with Crippen LogP contribution in [0.4, 0.5) is 10.1 Å².